The molecule has 4 nitrogen and oxygen atoms in total. The molecule has 0 spiro atoms. The quantitative estimate of drug-likeness (QED) is 0.734. The summed E-state index contributed by atoms with van der Waals surface area (Å²) in [6.07, 6.45) is 0.440. The monoisotopic (exact) mass is 358 g/mol. The SMILES string of the molecule is Cc1ccc2cc(CCC(=O)Nc3ccc(F)c(Cl)c3)c(=O)[nH]c2c1. The van der Waals surface area contributed by atoms with Crippen LogP contribution < -0.4 is 10.9 Å². The zero-order valence-corrected chi connectivity index (χ0v) is 14.3. The number of pyridine rings is 1. The Kier molecular flexibility index (Phi) is 4.86. The molecule has 0 unspecified atom stereocenters. The van der Waals surface area contributed by atoms with E-state index in [1.54, 1.807) is 6.07 Å². The average Bonchev–Trinajstić information content (AvgIpc) is 2.56. The summed E-state index contributed by atoms with van der Waals surface area (Å²) in [5.41, 5.74) is 2.60. The van der Waals surface area contributed by atoms with Crippen molar-refractivity contribution in [1.82, 2.24) is 4.98 Å². The van der Waals surface area contributed by atoms with Gasteiger partial charge in [0.2, 0.25) is 5.91 Å². The standard InChI is InChI=1S/C19H16ClFN2O2/c1-11-2-3-12-9-13(19(25)23-17(12)8-11)4-7-18(24)22-14-5-6-16(21)15(20)10-14/h2-3,5-6,8-10H,4,7H2,1H3,(H,22,24)(H,23,25). The number of carbonyl (C=O) groups is 1. The molecular formula is C19H16ClFN2O2. The number of anilines is 1. The number of nitrogens with one attached hydrogen (secondary N) is 2. The van der Waals surface area contributed by atoms with Gasteiger partial charge in [-0.25, -0.2) is 4.39 Å². The van der Waals surface area contributed by atoms with Crippen molar-refractivity contribution in [2.45, 2.75) is 19.8 Å². The predicted octanol–water partition coefficient (Wildman–Crippen LogP) is 4.20. The highest BCUT2D eigenvalue weighted by atomic mass is 35.5. The number of H-pyrrole nitrogens is 1. The van der Waals surface area contributed by atoms with E-state index < -0.39 is 5.82 Å². The first-order valence-corrected chi connectivity index (χ1v) is 8.17. The summed E-state index contributed by atoms with van der Waals surface area (Å²) in [7, 11) is 0. The van der Waals surface area contributed by atoms with Crippen LogP contribution in [0.4, 0.5) is 10.1 Å². The molecule has 0 atom stereocenters. The number of halogens is 2. The Balaban J connectivity index is 1.70. The lowest BCUT2D eigenvalue weighted by Gasteiger charge is -2.07. The zero-order chi connectivity index (χ0) is 18.0. The summed E-state index contributed by atoms with van der Waals surface area (Å²) < 4.78 is 13.1. The molecule has 1 heterocycles. The van der Waals surface area contributed by atoms with Crippen LogP contribution >= 0.6 is 11.6 Å². The Bertz CT molecular complexity index is 1010. The minimum absolute atomic E-state index is 0.0564. The maximum Gasteiger partial charge on any atom is 0.251 e. The lowest BCUT2D eigenvalue weighted by molar-refractivity contribution is -0.116. The number of benzene rings is 2. The molecule has 6 heteroatoms. The first kappa shape index (κ1) is 17.2. The maximum absolute atomic E-state index is 13.1. The second-order valence-electron chi connectivity index (χ2n) is 5.89. The molecule has 1 aromatic heterocycles. The number of hydrogen-bond acceptors (Lipinski definition) is 2. The van der Waals surface area contributed by atoms with Crippen LogP contribution in [0.5, 0.6) is 0 Å². The maximum atomic E-state index is 13.1. The molecule has 0 bridgehead atoms. The molecule has 3 rings (SSSR count). The van der Waals surface area contributed by atoms with Crippen LogP contribution in [0.1, 0.15) is 17.5 Å². The van der Waals surface area contributed by atoms with E-state index in [-0.39, 0.29) is 22.9 Å². The fraction of sp³-hybridized carbons (Fsp3) is 0.158. The van der Waals surface area contributed by atoms with Gasteiger partial charge in [-0.05, 0) is 54.6 Å². The summed E-state index contributed by atoms with van der Waals surface area (Å²) in [5, 5.41) is 3.51. The number of rotatable bonds is 4. The predicted molar refractivity (Wildman–Crippen MR) is 97.7 cm³/mol. The Labute approximate surface area is 148 Å². The van der Waals surface area contributed by atoms with Gasteiger partial charge < -0.3 is 10.3 Å². The molecule has 0 aliphatic heterocycles. The second-order valence-corrected chi connectivity index (χ2v) is 6.30. The van der Waals surface area contributed by atoms with Crippen molar-refractivity contribution in [3.63, 3.8) is 0 Å². The van der Waals surface area contributed by atoms with E-state index >= 15 is 0 Å². The highest BCUT2D eigenvalue weighted by Gasteiger charge is 2.09. The van der Waals surface area contributed by atoms with Gasteiger partial charge in [0, 0.05) is 23.2 Å². The van der Waals surface area contributed by atoms with Crippen LogP contribution in [-0.2, 0) is 11.2 Å². The zero-order valence-electron chi connectivity index (χ0n) is 13.5. The van der Waals surface area contributed by atoms with Crippen LogP contribution in [0.15, 0.2) is 47.3 Å². The molecule has 3 aromatic rings. The minimum Gasteiger partial charge on any atom is -0.326 e. The molecule has 2 N–H and O–H groups in total. The molecule has 128 valence electrons. The second kappa shape index (κ2) is 7.07. The summed E-state index contributed by atoms with van der Waals surface area (Å²) in [5.74, 6) is -0.816. The van der Waals surface area contributed by atoms with Crippen molar-refractivity contribution in [1.29, 1.82) is 0 Å². The molecule has 0 aliphatic carbocycles. The van der Waals surface area contributed by atoms with E-state index in [0.717, 1.165) is 16.5 Å². The van der Waals surface area contributed by atoms with Gasteiger partial charge in [-0.1, -0.05) is 23.7 Å². The smallest absolute Gasteiger partial charge is 0.251 e. The third-order valence-corrected chi connectivity index (χ3v) is 4.19. The lowest BCUT2D eigenvalue weighted by Crippen LogP contribution is -2.17. The van der Waals surface area contributed by atoms with E-state index in [1.807, 2.05) is 25.1 Å². The lowest BCUT2D eigenvalue weighted by atomic mass is 10.1. The van der Waals surface area contributed by atoms with E-state index in [0.29, 0.717) is 17.7 Å². The van der Waals surface area contributed by atoms with Gasteiger partial charge in [-0.2, -0.15) is 0 Å². The Morgan fingerprint density at radius 2 is 2.00 bits per heavy atom. The fourth-order valence-electron chi connectivity index (χ4n) is 2.59. The topological polar surface area (TPSA) is 62.0 Å². The minimum atomic E-state index is -0.544. The third-order valence-electron chi connectivity index (χ3n) is 3.90. The largest absolute Gasteiger partial charge is 0.326 e. The summed E-state index contributed by atoms with van der Waals surface area (Å²) >= 11 is 5.69. The van der Waals surface area contributed by atoms with E-state index in [1.165, 1.54) is 18.2 Å². The highest BCUT2D eigenvalue weighted by molar-refractivity contribution is 6.31. The number of aromatic nitrogens is 1. The van der Waals surface area contributed by atoms with Crippen LogP contribution in [-0.4, -0.2) is 10.9 Å². The van der Waals surface area contributed by atoms with Crippen molar-refractivity contribution in [3.8, 4) is 0 Å². The van der Waals surface area contributed by atoms with Crippen molar-refractivity contribution < 1.29 is 9.18 Å². The molecule has 0 radical (unpaired) electrons. The van der Waals surface area contributed by atoms with Crippen molar-refractivity contribution >= 4 is 34.1 Å². The molecule has 2 aromatic carbocycles. The van der Waals surface area contributed by atoms with Gasteiger partial charge in [0.1, 0.15) is 5.82 Å². The molecule has 25 heavy (non-hydrogen) atoms. The molecule has 0 saturated carbocycles. The molecule has 0 saturated heterocycles. The Morgan fingerprint density at radius 1 is 1.20 bits per heavy atom. The summed E-state index contributed by atoms with van der Waals surface area (Å²) in [6, 6.07) is 11.6. The number of amides is 1. The summed E-state index contributed by atoms with van der Waals surface area (Å²) in [6.45, 7) is 1.96. The van der Waals surface area contributed by atoms with Crippen molar-refractivity contribution in [3.05, 3.63) is 74.8 Å². The van der Waals surface area contributed by atoms with Gasteiger partial charge in [-0.3, -0.25) is 9.59 Å². The number of aryl methyl sites for hydroxylation is 2. The van der Waals surface area contributed by atoms with E-state index in [2.05, 4.69) is 10.3 Å². The van der Waals surface area contributed by atoms with Crippen molar-refractivity contribution in [2.24, 2.45) is 0 Å². The van der Waals surface area contributed by atoms with Crippen LogP contribution in [0.3, 0.4) is 0 Å². The van der Waals surface area contributed by atoms with Gasteiger partial charge in [0.25, 0.3) is 5.56 Å². The van der Waals surface area contributed by atoms with Crippen molar-refractivity contribution in [2.75, 3.05) is 5.32 Å². The van der Waals surface area contributed by atoms with E-state index in [9.17, 15) is 14.0 Å². The first-order chi connectivity index (χ1) is 11.9. The molecule has 0 fully saturated rings. The van der Waals surface area contributed by atoms with E-state index in [4.69, 9.17) is 11.6 Å². The van der Waals surface area contributed by atoms with Crippen LogP contribution in [0.25, 0.3) is 10.9 Å². The summed E-state index contributed by atoms with van der Waals surface area (Å²) in [4.78, 5) is 27.0. The van der Waals surface area contributed by atoms with Gasteiger partial charge >= 0.3 is 0 Å². The van der Waals surface area contributed by atoms with Gasteiger partial charge in [0.15, 0.2) is 0 Å². The van der Waals surface area contributed by atoms with Gasteiger partial charge in [-0.15, -0.1) is 0 Å². The third kappa shape index (κ3) is 4.06. The first-order valence-electron chi connectivity index (χ1n) is 7.80. The normalized spacial score (nSPS) is 10.8. The molecule has 1 amide bonds. The Morgan fingerprint density at radius 3 is 2.76 bits per heavy atom. The number of hydrogen-bond donors (Lipinski definition) is 2. The average molecular weight is 359 g/mol. The highest BCUT2D eigenvalue weighted by Crippen LogP contribution is 2.19. The number of aromatic amines is 1. The van der Waals surface area contributed by atoms with Gasteiger partial charge in [0.05, 0.1) is 5.02 Å². The fourth-order valence-corrected chi connectivity index (χ4v) is 2.77. The number of carbonyl (C=O) groups excluding carboxylic acids is 1. The van der Waals surface area contributed by atoms with Crippen LogP contribution in [0.2, 0.25) is 5.02 Å². The number of fused-ring (bicyclic) bond motifs is 1. The molecule has 0 aliphatic rings. The van der Waals surface area contributed by atoms with Crippen LogP contribution in [0, 0.1) is 12.7 Å². The Hall–Kier alpha value is -2.66. The molecular weight excluding hydrogens is 343 g/mol.